The summed E-state index contributed by atoms with van der Waals surface area (Å²) in [5.74, 6) is -0.334. The minimum Gasteiger partial charge on any atom is -0.397 e. The number of pyridine rings is 1. The van der Waals surface area contributed by atoms with Crippen molar-refractivity contribution >= 4 is 67.9 Å². The van der Waals surface area contributed by atoms with Crippen molar-refractivity contribution in [1.82, 2.24) is 4.98 Å². The molecule has 1 amide bonds. The molecule has 9 heteroatoms. The Kier molecular flexibility index (Phi) is 4.43. The first-order valence-corrected chi connectivity index (χ1v) is 8.55. The average Bonchev–Trinajstić information content (AvgIpc) is 2.88. The first kappa shape index (κ1) is 17.3. The number of nitrogens with two attached hydrogens (primary N) is 2. The van der Waals surface area contributed by atoms with E-state index in [-0.39, 0.29) is 21.9 Å². The molecule has 3 aromatic rings. The topological polar surface area (TPSA) is 118 Å². The van der Waals surface area contributed by atoms with Gasteiger partial charge in [-0.05, 0) is 30.7 Å². The number of aromatic nitrogens is 1. The largest absolute Gasteiger partial charge is 0.397 e. The maximum Gasteiger partial charge on any atom is 0.267 e. The molecule has 0 aliphatic carbocycles. The second kappa shape index (κ2) is 6.41. The van der Waals surface area contributed by atoms with E-state index < -0.39 is 5.91 Å². The van der Waals surface area contributed by atoms with Crippen LogP contribution in [0.15, 0.2) is 18.2 Å². The molecule has 25 heavy (non-hydrogen) atoms. The summed E-state index contributed by atoms with van der Waals surface area (Å²) in [6.07, 6.45) is 0. The molecule has 0 radical (unpaired) electrons. The first-order valence-electron chi connectivity index (χ1n) is 6.98. The van der Waals surface area contributed by atoms with Crippen LogP contribution in [0.4, 0.5) is 17.2 Å². The molecule has 0 fully saturated rings. The van der Waals surface area contributed by atoms with Gasteiger partial charge in [0.05, 0.1) is 22.0 Å². The van der Waals surface area contributed by atoms with Crippen molar-refractivity contribution in [2.75, 3.05) is 16.8 Å². The Morgan fingerprint density at radius 3 is 2.76 bits per heavy atom. The van der Waals surface area contributed by atoms with E-state index in [4.69, 9.17) is 34.7 Å². The monoisotopic (exact) mass is 391 g/mol. The van der Waals surface area contributed by atoms with Gasteiger partial charge in [-0.2, -0.15) is 5.26 Å². The number of nitrogens with zero attached hydrogens (tertiary/aromatic N) is 2. The number of nitriles is 1. The van der Waals surface area contributed by atoms with Crippen LogP contribution in [0.2, 0.25) is 10.0 Å². The zero-order valence-electron chi connectivity index (χ0n) is 12.9. The highest BCUT2D eigenvalue weighted by Crippen LogP contribution is 2.38. The Morgan fingerprint density at radius 1 is 1.36 bits per heavy atom. The maximum absolute atomic E-state index is 12.6. The molecule has 0 unspecified atom stereocenters. The van der Waals surface area contributed by atoms with Crippen LogP contribution < -0.4 is 16.8 Å². The van der Waals surface area contributed by atoms with Crippen molar-refractivity contribution in [2.24, 2.45) is 0 Å². The molecule has 5 N–H and O–H groups in total. The lowest BCUT2D eigenvalue weighted by atomic mass is 10.1. The van der Waals surface area contributed by atoms with E-state index in [1.807, 2.05) is 6.07 Å². The smallest absolute Gasteiger partial charge is 0.267 e. The number of fused-ring (bicyclic) bond motifs is 1. The summed E-state index contributed by atoms with van der Waals surface area (Å²) in [6, 6.07) is 6.75. The summed E-state index contributed by atoms with van der Waals surface area (Å²) in [6.45, 7) is 1.72. The zero-order chi connectivity index (χ0) is 18.3. The molecule has 1 aromatic carbocycles. The molecule has 2 heterocycles. The Morgan fingerprint density at radius 2 is 2.08 bits per heavy atom. The number of carbonyl (C=O) groups is 1. The summed E-state index contributed by atoms with van der Waals surface area (Å²) >= 11 is 13.1. The van der Waals surface area contributed by atoms with E-state index in [0.717, 1.165) is 11.3 Å². The van der Waals surface area contributed by atoms with E-state index in [1.54, 1.807) is 25.1 Å². The van der Waals surface area contributed by atoms with Gasteiger partial charge in [-0.15, -0.1) is 11.3 Å². The fraction of sp³-hybridized carbons (Fsp3) is 0.0625. The molecule has 2 aromatic heterocycles. The maximum atomic E-state index is 12.6. The molecule has 6 nitrogen and oxygen atoms in total. The quantitative estimate of drug-likeness (QED) is 0.604. The lowest BCUT2D eigenvalue weighted by Crippen LogP contribution is -2.12. The van der Waals surface area contributed by atoms with Crippen molar-refractivity contribution < 1.29 is 4.79 Å². The second-order valence-corrected chi connectivity index (χ2v) is 7.05. The Labute approximate surface area is 157 Å². The van der Waals surface area contributed by atoms with Crippen LogP contribution in [0.25, 0.3) is 10.2 Å². The number of benzene rings is 1. The lowest BCUT2D eigenvalue weighted by Gasteiger charge is -2.07. The van der Waals surface area contributed by atoms with Gasteiger partial charge in [0.15, 0.2) is 0 Å². The number of amides is 1. The van der Waals surface area contributed by atoms with Gasteiger partial charge in [0, 0.05) is 10.4 Å². The molecule has 3 rings (SSSR count). The van der Waals surface area contributed by atoms with Crippen molar-refractivity contribution in [3.8, 4) is 6.07 Å². The van der Waals surface area contributed by atoms with Crippen LogP contribution in [-0.4, -0.2) is 10.9 Å². The van der Waals surface area contributed by atoms with Gasteiger partial charge in [-0.1, -0.05) is 23.2 Å². The van der Waals surface area contributed by atoms with Crippen molar-refractivity contribution in [3.05, 3.63) is 44.2 Å². The molecule has 0 atom stereocenters. The van der Waals surface area contributed by atoms with Crippen LogP contribution >= 0.6 is 34.5 Å². The van der Waals surface area contributed by atoms with Crippen molar-refractivity contribution in [2.45, 2.75) is 6.92 Å². The summed E-state index contributed by atoms with van der Waals surface area (Å²) < 4.78 is 0. The summed E-state index contributed by atoms with van der Waals surface area (Å²) in [5, 5.41) is 13.2. The normalized spacial score (nSPS) is 10.6. The van der Waals surface area contributed by atoms with Gasteiger partial charge in [-0.25, -0.2) is 4.98 Å². The minimum absolute atomic E-state index is 0.110. The summed E-state index contributed by atoms with van der Waals surface area (Å²) in [5.41, 5.74) is 13.4. The summed E-state index contributed by atoms with van der Waals surface area (Å²) in [7, 11) is 0. The number of thiophene rings is 1. The molecule has 0 aliphatic rings. The SMILES string of the molecule is Cc1c(C#N)c(N)nc2sc(C(=O)Nc3cc(Cl)ccc3Cl)c(N)c12. The zero-order valence-corrected chi connectivity index (χ0v) is 15.2. The standard InChI is InChI=1S/C16H11Cl2N5OS/c1-6-8(5-19)14(21)23-16-11(6)12(20)13(25-16)15(24)22-10-4-7(17)2-3-9(10)18/h2-4H,20H2,1H3,(H2,21,23)(H,22,24). The van der Waals surface area contributed by atoms with E-state index in [2.05, 4.69) is 10.3 Å². The van der Waals surface area contributed by atoms with Crippen LogP contribution in [0.5, 0.6) is 0 Å². The van der Waals surface area contributed by atoms with Crippen LogP contribution in [-0.2, 0) is 0 Å². The van der Waals surface area contributed by atoms with Gasteiger partial charge < -0.3 is 16.8 Å². The van der Waals surface area contributed by atoms with E-state index in [9.17, 15) is 10.1 Å². The van der Waals surface area contributed by atoms with Crippen LogP contribution in [0.1, 0.15) is 20.8 Å². The number of nitrogen functional groups attached to an aromatic ring is 2. The molecular formula is C16H11Cl2N5OS. The Bertz CT molecular complexity index is 1070. The van der Waals surface area contributed by atoms with Crippen molar-refractivity contribution in [3.63, 3.8) is 0 Å². The predicted octanol–water partition coefficient (Wildman–Crippen LogP) is 4.20. The number of hydrogen-bond acceptors (Lipinski definition) is 6. The van der Waals surface area contributed by atoms with E-state index in [0.29, 0.717) is 31.5 Å². The highest BCUT2D eigenvalue weighted by molar-refractivity contribution is 7.21. The third-order valence-electron chi connectivity index (χ3n) is 3.65. The first-order chi connectivity index (χ1) is 11.8. The van der Waals surface area contributed by atoms with E-state index >= 15 is 0 Å². The second-order valence-electron chi connectivity index (χ2n) is 5.21. The number of anilines is 3. The number of nitrogens with one attached hydrogen (secondary N) is 1. The summed E-state index contributed by atoms with van der Waals surface area (Å²) in [4.78, 5) is 17.5. The average molecular weight is 392 g/mol. The molecule has 126 valence electrons. The van der Waals surface area contributed by atoms with Gasteiger partial charge in [0.2, 0.25) is 0 Å². The third-order valence-corrected chi connectivity index (χ3v) is 5.31. The molecule has 0 aliphatic heterocycles. The molecular weight excluding hydrogens is 381 g/mol. The Balaban J connectivity index is 2.09. The fourth-order valence-electron chi connectivity index (χ4n) is 2.44. The number of aryl methyl sites for hydroxylation is 1. The fourth-order valence-corrected chi connectivity index (χ4v) is 3.83. The molecule has 0 spiro atoms. The minimum atomic E-state index is -0.443. The van der Waals surface area contributed by atoms with Crippen LogP contribution in [0, 0.1) is 18.3 Å². The number of hydrogen-bond donors (Lipinski definition) is 3. The highest BCUT2D eigenvalue weighted by Gasteiger charge is 2.22. The predicted molar refractivity (Wildman–Crippen MR) is 102 cm³/mol. The number of halogens is 2. The van der Waals surface area contributed by atoms with Crippen molar-refractivity contribution in [1.29, 1.82) is 5.26 Å². The van der Waals surface area contributed by atoms with Gasteiger partial charge in [0.25, 0.3) is 5.91 Å². The molecule has 0 saturated heterocycles. The molecule has 0 bridgehead atoms. The Hall–Kier alpha value is -2.53. The molecule has 0 saturated carbocycles. The van der Waals surface area contributed by atoms with Gasteiger partial charge in [0.1, 0.15) is 21.6 Å². The third kappa shape index (κ3) is 2.96. The number of rotatable bonds is 2. The number of carbonyl (C=O) groups excluding carboxylic acids is 1. The van der Waals surface area contributed by atoms with Crippen LogP contribution in [0.3, 0.4) is 0 Å². The van der Waals surface area contributed by atoms with E-state index in [1.165, 1.54) is 0 Å². The van der Waals surface area contributed by atoms with Gasteiger partial charge in [-0.3, -0.25) is 4.79 Å². The highest BCUT2D eigenvalue weighted by atomic mass is 35.5. The lowest BCUT2D eigenvalue weighted by molar-refractivity contribution is 0.103. The van der Waals surface area contributed by atoms with Gasteiger partial charge >= 0.3 is 0 Å².